The number of hydrogen-bond acceptors (Lipinski definition) is 6. The van der Waals surface area contributed by atoms with E-state index in [1.54, 1.807) is 22.0 Å². The van der Waals surface area contributed by atoms with Crippen molar-refractivity contribution in [3.05, 3.63) is 61.2 Å². The minimum Gasteiger partial charge on any atom is -0.465 e. The average molecular weight is 567 g/mol. The molecule has 0 aromatic heterocycles. The Morgan fingerprint density at radius 3 is 2.59 bits per heavy atom. The van der Waals surface area contributed by atoms with Crippen LogP contribution in [0.3, 0.4) is 0 Å². The van der Waals surface area contributed by atoms with E-state index in [0.717, 1.165) is 24.8 Å². The van der Waals surface area contributed by atoms with E-state index in [9.17, 15) is 19.5 Å². The van der Waals surface area contributed by atoms with Crippen molar-refractivity contribution < 1.29 is 29.0 Å². The maximum atomic E-state index is 14.5. The number of ether oxygens (including phenoxy) is 2. The van der Waals surface area contributed by atoms with E-state index in [1.165, 1.54) is 0 Å². The third-order valence-electron chi connectivity index (χ3n) is 9.26. The van der Waals surface area contributed by atoms with Crippen molar-refractivity contribution in [2.24, 2.45) is 11.8 Å². The van der Waals surface area contributed by atoms with E-state index < -0.39 is 41.1 Å². The number of benzene rings is 1. The van der Waals surface area contributed by atoms with Crippen LogP contribution in [0, 0.1) is 11.8 Å². The van der Waals surface area contributed by atoms with Crippen LogP contribution in [0.15, 0.2) is 55.6 Å². The molecule has 0 saturated carbocycles. The fourth-order valence-electron chi connectivity index (χ4n) is 7.28. The average Bonchev–Trinajstić information content (AvgIpc) is 3.60. The lowest BCUT2D eigenvalue weighted by Crippen LogP contribution is -2.59. The summed E-state index contributed by atoms with van der Waals surface area (Å²) >= 11 is 0. The number of rotatable bonds is 16. The third kappa shape index (κ3) is 5.61. The molecule has 3 saturated heterocycles. The summed E-state index contributed by atoms with van der Waals surface area (Å²) in [6, 6.07) is 8.03. The SMILES string of the molecule is C=CCCCOC(=O)[C@H]1[C@H]2C(=O)N([C@@H](CO)Cc3ccccc3)C(C(=O)N(CC=C)CCCC)C23CC[C@]1(CC)O3. The topological polar surface area (TPSA) is 96.4 Å². The lowest BCUT2D eigenvalue weighted by Gasteiger charge is -2.39. The molecule has 1 N–H and O–H groups in total. The molecule has 2 bridgehead atoms. The zero-order valence-corrected chi connectivity index (χ0v) is 24.6. The molecule has 1 aromatic carbocycles. The summed E-state index contributed by atoms with van der Waals surface area (Å²) in [6.07, 6.45) is 8.53. The molecule has 2 unspecified atom stereocenters. The Balaban J connectivity index is 1.77. The van der Waals surface area contributed by atoms with Crippen LogP contribution in [-0.2, 0) is 30.3 Å². The number of likely N-dealkylation sites (tertiary alicyclic amines) is 1. The van der Waals surface area contributed by atoms with Gasteiger partial charge in [-0.25, -0.2) is 0 Å². The zero-order chi connectivity index (χ0) is 29.6. The number of aliphatic hydroxyl groups is 1. The van der Waals surface area contributed by atoms with Gasteiger partial charge in [0.05, 0.1) is 30.8 Å². The normalized spacial score (nSPS) is 28.8. The van der Waals surface area contributed by atoms with Crippen molar-refractivity contribution in [2.75, 3.05) is 26.3 Å². The Bertz CT molecular complexity index is 1110. The lowest BCUT2D eigenvalue weighted by atomic mass is 9.65. The molecule has 8 nitrogen and oxygen atoms in total. The Morgan fingerprint density at radius 2 is 1.95 bits per heavy atom. The first-order valence-corrected chi connectivity index (χ1v) is 15.2. The van der Waals surface area contributed by atoms with Crippen LogP contribution in [0.25, 0.3) is 0 Å². The smallest absolute Gasteiger partial charge is 0.312 e. The van der Waals surface area contributed by atoms with Gasteiger partial charge in [-0.05, 0) is 50.5 Å². The van der Waals surface area contributed by atoms with Crippen molar-refractivity contribution in [1.82, 2.24) is 9.80 Å². The van der Waals surface area contributed by atoms with Crippen LogP contribution in [0.5, 0.6) is 0 Å². The number of aliphatic hydroxyl groups excluding tert-OH is 1. The molecule has 6 atom stereocenters. The highest BCUT2D eigenvalue weighted by Crippen LogP contribution is 2.65. The molecule has 1 spiro atoms. The van der Waals surface area contributed by atoms with Crippen molar-refractivity contribution in [3.8, 4) is 0 Å². The molecule has 8 heteroatoms. The molecule has 3 aliphatic rings. The van der Waals surface area contributed by atoms with Gasteiger partial charge in [0, 0.05) is 13.1 Å². The van der Waals surface area contributed by atoms with Gasteiger partial charge in [0.25, 0.3) is 0 Å². The summed E-state index contributed by atoms with van der Waals surface area (Å²) < 4.78 is 12.6. The third-order valence-corrected chi connectivity index (χ3v) is 9.26. The summed E-state index contributed by atoms with van der Waals surface area (Å²) in [4.78, 5) is 46.0. The van der Waals surface area contributed by atoms with E-state index in [2.05, 4.69) is 20.1 Å². The van der Waals surface area contributed by atoms with E-state index in [0.29, 0.717) is 45.2 Å². The van der Waals surface area contributed by atoms with Gasteiger partial charge in [-0.1, -0.05) is 62.8 Å². The van der Waals surface area contributed by atoms with E-state index >= 15 is 0 Å². The molecule has 3 aliphatic heterocycles. The number of carbonyl (C=O) groups is 3. The Kier molecular flexibility index (Phi) is 10.1. The molecule has 3 heterocycles. The molecule has 4 rings (SSSR count). The monoisotopic (exact) mass is 566 g/mol. The van der Waals surface area contributed by atoms with Crippen LogP contribution in [0.2, 0.25) is 0 Å². The molecular formula is C33H46N2O6. The lowest BCUT2D eigenvalue weighted by molar-refractivity contribution is -0.163. The van der Waals surface area contributed by atoms with Gasteiger partial charge in [-0.2, -0.15) is 0 Å². The van der Waals surface area contributed by atoms with E-state index in [-0.39, 0.29) is 25.0 Å². The fourth-order valence-corrected chi connectivity index (χ4v) is 7.28. The molecule has 2 amide bonds. The predicted molar refractivity (Wildman–Crippen MR) is 157 cm³/mol. The first kappa shape index (κ1) is 31.0. The zero-order valence-electron chi connectivity index (χ0n) is 24.6. The predicted octanol–water partition coefficient (Wildman–Crippen LogP) is 4.07. The summed E-state index contributed by atoms with van der Waals surface area (Å²) in [5.41, 5.74) is -1.08. The summed E-state index contributed by atoms with van der Waals surface area (Å²) in [5, 5.41) is 10.6. The number of amides is 2. The van der Waals surface area contributed by atoms with Crippen LogP contribution in [0.1, 0.15) is 64.4 Å². The van der Waals surface area contributed by atoms with Crippen LogP contribution in [0.4, 0.5) is 0 Å². The maximum Gasteiger partial charge on any atom is 0.312 e. The molecule has 0 aliphatic carbocycles. The highest BCUT2D eigenvalue weighted by molar-refractivity contribution is 5.98. The standard InChI is InChI=1S/C33H46N2O6/c1-5-9-14-21-40-31(39)27-26-29(37)35(25(23-36)22-24-15-12-11-13-16-24)28(30(38)34(19-7-3)20-10-6-2)33(26)18-17-32(27,8-4)41-33/h5,7,11-13,15-16,25-28,36H,1,3,6,8-10,14,17-23H2,2,4H3/t25-,26+,27-,28?,32+,33?/m1/s1. The Labute approximate surface area is 244 Å². The number of carbonyl (C=O) groups excluding carboxylic acids is 3. The van der Waals surface area contributed by atoms with E-state index in [1.807, 2.05) is 37.3 Å². The van der Waals surface area contributed by atoms with Crippen molar-refractivity contribution in [3.63, 3.8) is 0 Å². The number of fused-ring (bicyclic) bond motifs is 1. The minimum absolute atomic E-state index is 0.215. The number of unbranched alkanes of at least 4 members (excludes halogenated alkanes) is 2. The fraction of sp³-hybridized carbons (Fsp3) is 0.606. The number of allylic oxidation sites excluding steroid dienone is 1. The molecule has 41 heavy (non-hydrogen) atoms. The highest BCUT2D eigenvalue weighted by Gasteiger charge is 2.79. The maximum absolute atomic E-state index is 14.5. The van der Waals surface area contributed by atoms with Crippen LogP contribution in [-0.4, -0.2) is 82.3 Å². The minimum atomic E-state index is -1.16. The second kappa shape index (κ2) is 13.3. The quantitative estimate of drug-likeness (QED) is 0.184. The van der Waals surface area contributed by atoms with Crippen molar-refractivity contribution in [1.29, 1.82) is 0 Å². The Morgan fingerprint density at radius 1 is 1.20 bits per heavy atom. The summed E-state index contributed by atoms with van der Waals surface area (Å²) in [7, 11) is 0. The molecule has 0 radical (unpaired) electrons. The van der Waals surface area contributed by atoms with Gasteiger partial charge in [0.15, 0.2) is 0 Å². The van der Waals surface area contributed by atoms with Gasteiger partial charge in [-0.3, -0.25) is 14.4 Å². The van der Waals surface area contributed by atoms with Gasteiger partial charge in [0.2, 0.25) is 11.8 Å². The van der Waals surface area contributed by atoms with Crippen molar-refractivity contribution in [2.45, 2.75) is 88.5 Å². The second-order valence-corrected chi connectivity index (χ2v) is 11.6. The van der Waals surface area contributed by atoms with Gasteiger partial charge in [-0.15, -0.1) is 13.2 Å². The highest BCUT2D eigenvalue weighted by atomic mass is 16.6. The first-order chi connectivity index (χ1) is 19.8. The summed E-state index contributed by atoms with van der Waals surface area (Å²) in [6.45, 7) is 12.4. The largest absolute Gasteiger partial charge is 0.465 e. The number of nitrogens with zero attached hydrogens (tertiary/aromatic N) is 2. The number of esters is 1. The second-order valence-electron chi connectivity index (χ2n) is 11.6. The molecule has 1 aromatic rings. The molecular weight excluding hydrogens is 520 g/mol. The van der Waals surface area contributed by atoms with Gasteiger partial charge < -0.3 is 24.4 Å². The summed E-state index contributed by atoms with van der Waals surface area (Å²) in [5.74, 6) is -2.62. The van der Waals surface area contributed by atoms with E-state index in [4.69, 9.17) is 9.47 Å². The van der Waals surface area contributed by atoms with Gasteiger partial charge >= 0.3 is 5.97 Å². The first-order valence-electron chi connectivity index (χ1n) is 15.2. The van der Waals surface area contributed by atoms with Gasteiger partial charge in [0.1, 0.15) is 17.6 Å². The van der Waals surface area contributed by atoms with Crippen LogP contribution < -0.4 is 0 Å². The molecule has 224 valence electrons. The number of hydrogen-bond donors (Lipinski definition) is 1. The van der Waals surface area contributed by atoms with Crippen molar-refractivity contribution >= 4 is 17.8 Å². The molecule has 3 fully saturated rings. The van der Waals surface area contributed by atoms with Crippen LogP contribution >= 0.6 is 0 Å². The Hall–Kier alpha value is -2.97.